The Morgan fingerprint density at radius 1 is 1.06 bits per heavy atom. The molecule has 4 rings (SSSR count). The summed E-state index contributed by atoms with van der Waals surface area (Å²) in [5.41, 5.74) is -0.346. The van der Waals surface area contributed by atoms with Crippen LogP contribution < -0.4 is 15.6 Å². The Hall–Kier alpha value is -3.50. The molecule has 0 radical (unpaired) electrons. The van der Waals surface area contributed by atoms with Gasteiger partial charge in [0.25, 0.3) is 15.6 Å². The minimum absolute atomic E-state index is 0.00245. The standard InChI is InChI=1S/C21H16FN3O4S2/c1-13-6-9-19(30-13)31(28,29)24-21(27)23-15-7-8-18(17(22)12-15)25-11-10-14-4-2-3-5-16(14)20(25)26/h2-12H,1H3,(H2,23,24,27). The largest absolute Gasteiger partial charge is 0.333 e. The Kier molecular flexibility index (Phi) is 5.34. The Morgan fingerprint density at radius 2 is 1.84 bits per heavy atom. The molecule has 2 amide bonds. The molecule has 0 aliphatic rings. The van der Waals surface area contributed by atoms with E-state index in [2.05, 4.69) is 5.32 Å². The number of benzene rings is 2. The molecule has 0 bridgehead atoms. The summed E-state index contributed by atoms with van der Waals surface area (Å²) >= 11 is 1.02. The lowest BCUT2D eigenvalue weighted by Gasteiger charge is -2.11. The van der Waals surface area contributed by atoms with Gasteiger partial charge in [-0.3, -0.25) is 9.36 Å². The number of rotatable bonds is 4. The number of aromatic nitrogens is 1. The molecule has 4 aromatic rings. The van der Waals surface area contributed by atoms with E-state index in [-0.39, 0.29) is 21.1 Å². The smallest absolute Gasteiger partial charge is 0.307 e. The second kappa shape index (κ2) is 7.97. The summed E-state index contributed by atoms with van der Waals surface area (Å²) in [7, 11) is -4.03. The van der Waals surface area contributed by atoms with E-state index in [1.165, 1.54) is 29.0 Å². The molecule has 158 valence electrons. The summed E-state index contributed by atoms with van der Waals surface area (Å²) in [4.78, 5) is 25.6. The summed E-state index contributed by atoms with van der Waals surface area (Å²) in [6, 6.07) is 14.4. The van der Waals surface area contributed by atoms with Gasteiger partial charge in [0.15, 0.2) is 0 Å². The van der Waals surface area contributed by atoms with Gasteiger partial charge in [0, 0.05) is 22.1 Å². The molecule has 2 heterocycles. The van der Waals surface area contributed by atoms with Gasteiger partial charge in [-0.15, -0.1) is 11.3 Å². The van der Waals surface area contributed by atoms with Crippen molar-refractivity contribution in [3.63, 3.8) is 0 Å². The number of fused-ring (bicyclic) bond motifs is 1. The van der Waals surface area contributed by atoms with Crippen LogP contribution >= 0.6 is 11.3 Å². The van der Waals surface area contributed by atoms with Crippen LogP contribution in [0.5, 0.6) is 0 Å². The minimum Gasteiger partial charge on any atom is -0.307 e. The highest BCUT2D eigenvalue weighted by Gasteiger charge is 2.20. The second-order valence-corrected chi connectivity index (χ2v) is 9.87. The molecular formula is C21H16FN3O4S2. The zero-order chi connectivity index (χ0) is 22.2. The molecule has 10 heteroatoms. The van der Waals surface area contributed by atoms with Crippen molar-refractivity contribution in [3.05, 3.63) is 87.9 Å². The van der Waals surface area contributed by atoms with Gasteiger partial charge in [0.2, 0.25) is 0 Å². The lowest BCUT2D eigenvalue weighted by Crippen LogP contribution is -2.34. The van der Waals surface area contributed by atoms with Gasteiger partial charge in [-0.25, -0.2) is 22.3 Å². The lowest BCUT2D eigenvalue weighted by molar-refractivity contribution is 0.256. The first-order valence-electron chi connectivity index (χ1n) is 9.05. The molecule has 7 nitrogen and oxygen atoms in total. The third-order valence-electron chi connectivity index (χ3n) is 4.49. The van der Waals surface area contributed by atoms with Crippen molar-refractivity contribution < 1.29 is 17.6 Å². The quantitative estimate of drug-likeness (QED) is 0.484. The summed E-state index contributed by atoms with van der Waals surface area (Å²) in [6.07, 6.45) is 1.47. The van der Waals surface area contributed by atoms with Crippen LogP contribution in [0.1, 0.15) is 4.88 Å². The van der Waals surface area contributed by atoms with Crippen molar-refractivity contribution in [2.45, 2.75) is 11.1 Å². The predicted molar refractivity (Wildman–Crippen MR) is 118 cm³/mol. The number of carbonyl (C=O) groups is 1. The molecule has 2 aromatic heterocycles. The number of carbonyl (C=O) groups excluding carboxylic acids is 1. The van der Waals surface area contributed by atoms with Gasteiger partial charge in [-0.2, -0.15) is 0 Å². The number of sulfonamides is 1. The number of pyridine rings is 1. The van der Waals surface area contributed by atoms with Crippen LogP contribution in [0.15, 0.2) is 75.9 Å². The fourth-order valence-electron chi connectivity index (χ4n) is 3.04. The Bertz CT molecular complexity index is 1480. The van der Waals surface area contributed by atoms with Crippen molar-refractivity contribution in [2.24, 2.45) is 0 Å². The van der Waals surface area contributed by atoms with E-state index in [0.717, 1.165) is 27.7 Å². The first-order valence-corrected chi connectivity index (χ1v) is 11.4. The number of urea groups is 1. The number of hydrogen-bond acceptors (Lipinski definition) is 5. The highest BCUT2D eigenvalue weighted by Crippen LogP contribution is 2.21. The zero-order valence-electron chi connectivity index (χ0n) is 16.1. The third-order valence-corrected chi connectivity index (χ3v) is 7.31. The number of thiophene rings is 1. The van der Waals surface area contributed by atoms with E-state index in [0.29, 0.717) is 5.39 Å². The van der Waals surface area contributed by atoms with E-state index in [4.69, 9.17) is 0 Å². The van der Waals surface area contributed by atoms with Crippen LogP contribution in [0, 0.1) is 12.7 Å². The first-order chi connectivity index (χ1) is 14.7. The van der Waals surface area contributed by atoms with Crippen LogP contribution in [0.2, 0.25) is 0 Å². The van der Waals surface area contributed by atoms with Crippen LogP contribution in [-0.2, 0) is 10.0 Å². The lowest BCUT2D eigenvalue weighted by atomic mass is 10.1. The van der Waals surface area contributed by atoms with Crippen molar-refractivity contribution in [2.75, 3.05) is 5.32 Å². The highest BCUT2D eigenvalue weighted by molar-refractivity contribution is 7.92. The summed E-state index contributed by atoms with van der Waals surface area (Å²) in [5, 5.41) is 3.47. The number of nitrogens with one attached hydrogen (secondary N) is 2. The van der Waals surface area contributed by atoms with Crippen LogP contribution in [0.3, 0.4) is 0 Å². The molecule has 0 saturated carbocycles. The van der Waals surface area contributed by atoms with Gasteiger partial charge in [-0.05, 0) is 54.8 Å². The molecule has 0 fully saturated rings. The third kappa shape index (κ3) is 4.21. The number of halogens is 1. The molecule has 0 aliphatic heterocycles. The average molecular weight is 458 g/mol. The highest BCUT2D eigenvalue weighted by atomic mass is 32.2. The number of hydrogen-bond donors (Lipinski definition) is 2. The van der Waals surface area contributed by atoms with Crippen molar-refractivity contribution in [1.29, 1.82) is 0 Å². The van der Waals surface area contributed by atoms with Crippen molar-refractivity contribution in [1.82, 2.24) is 9.29 Å². The summed E-state index contributed by atoms with van der Waals surface area (Å²) < 4.78 is 42.2. The predicted octanol–water partition coefficient (Wildman–Crippen LogP) is 4.01. The van der Waals surface area contributed by atoms with E-state index in [9.17, 15) is 22.4 Å². The van der Waals surface area contributed by atoms with Gasteiger partial charge in [-0.1, -0.05) is 18.2 Å². The molecule has 0 saturated heterocycles. The van der Waals surface area contributed by atoms with Crippen LogP contribution in [0.4, 0.5) is 14.9 Å². The van der Waals surface area contributed by atoms with E-state index >= 15 is 0 Å². The summed E-state index contributed by atoms with van der Waals surface area (Å²) in [5.74, 6) is -0.757. The maximum atomic E-state index is 14.7. The Morgan fingerprint density at radius 3 is 2.55 bits per heavy atom. The number of nitrogens with zero attached hydrogens (tertiary/aromatic N) is 1. The minimum atomic E-state index is -4.03. The monoisotopic (exact) mass is 457 g/mol. The molecule has 31 heavy (non-hydrogen) atoms. The molecule has 2 N–H and O–H groups in total. The van der Waals surface area contributed by atoms with Crippen LogP contribution in [-0.4, -0.2) is 19.0 Å². The van der Waals surface area contributed by atoms with Crippen LogP contribution in [0.25, 0.3) is 16.5 Å². The second-order valence-electron chi connectivity index (χ2n) is 6.67. The molecule has 2 aromatic carbocycles. The Balaban J connectivity index is 1.56. The molecular weight excluding hydrogens is 441 g/mol. The normalized spacial score (nSPS) is 11.4. The molecule has 0 atom stereocenters. The average Bonchev–Trinajstić information content (AvgIpc) is 3.16. The van der Waals surface area contributed by atoms with Crippen molar-refractivity contribution in [3.8, 4) is 5.69 Å². The van der Waals surface area contributed by atoms with Gasteiger partial charge >= 0.3 is 6.03 Å². The SMILES string of the molecule is Cc1ccc(S(=O)(=O)NC(=O)Nc2ccc(-n3ccc4ccccc4c3=O)c(F)c2)s1. The van der Waals surface area contributed by atoms with Gasteiger partial charge in [0.05, 0.1) is 5.69 Å². The maximum absolute atomic E-state index is 14.7. The number of amides is 2. The molecule has 0 spiro atoms. The number of anilines is 1. The first kappa shape index (κ1) is 20.8. The molecule has 0 unspecified atom stereocenters. The molecule has 0 aliphatic carbocycles. The van der Waals surface area contributed by atoms with E-state index < -0.39 is 21.9 Å². The van der Waals surface area contributed by atoms with Gasteiger partial charge < -0.3 is 5.32 Å². The fourth-order valence-corrected chi connectivity index (χ4v) is 5.24. The zero-order valence-corrected chi connectivity index (χ0v) is 17.8. The topological polar surface area (TPSA) is 97.3 Å². The number of aryl methyl sites for hydroxylation is 1. The van der Waals surface area contributed by atoms with E-state index in [1.807, 2.05) is 4.72 Å². The maximum Gasteiger partial charge on any atom is 0.333 e. The Labute approximate surface area is 180 Å². The fraction of sp³-hybridized carbons (Fsp3) is 0.0476. The van der Waals surface area contributed by atoms with E-state index in [1.54, 1.807) is 43.3 Å². The summed E-state index contributed by atoms with van der Waals surface area (Å²) in [6.45, 7) is 1.74. The van der Waals surface area contributed by atoms with Gasteiger partial charge in [0.1, 0.15) is 10.0 Å². The van der Waals surface area contributed by atoms with Crippen molar-refractivity contribution >= 4 is 43.9 Å².